The quantitative estimate of drug-likeness (QED) is 0.738. The highest BCUT2D eigenvalue weighted by molar-refractivity contribution is 5.83. The lowest BCUT2D eigenvalue weighted by atomic mass is 10.1. The predicted octanol–water partition coefficient (Wildman–Crippen LogP) is 3.95. The molecule has 0 fully saturated rings. The van der Waals surface area contributed by atoms with E-state index in [1.54, 1.807) is 0 Å². The standard InChI is InChI=1S/C18H20N2/c1-2-20-14-16(17-10-6-7-11-18(17)20)13-19-12-15-8-4-3-5-9-15/h3-11,14,19H,2,12-13H2,1H3. The smallest absolute Gasteiger partial charge is 0.0483 e. The summed E-state index contributed by atoms with van der Waals surface area (Å²) in [6.07, 6.45) is 2.27. The van der Waals surface area contributed by atoms with Crippen LogP contribution < -0.4 is 5.32 Å². The van der Waals surface area contributed by atoms with Gasteiger partial charge in [0.2, 0.25) is 0 Å². The lowest BCUT2D eigenvalue weighted by Gasteiger charge is -2.04. The van der Waals surface area contributed by atoms with Crippen LogP contribution in [0.2, 0.25) is 0 Å². The van der Waals surface area contributed by atoms with E-state index in [1.165, 1.54) is 22.0 Å². The average molecular weight is 264 g/mol. The summed E-state index contributed by atoms with van der Waals surface area (Å²) in [5.74, 6) is 0. The molecule has 2 heteroatoms. The van der Waals surface area contributed by atoms with E-state index in [0.717, 1.165) is 19.6 Å². The number of benzene rings is 2. The second-order valence-corrected chi connectivity index (χ2v) is 5.05. The zero-order chi connectivity index (χ0) is 13.8. The fraction of sp³-hybridized carbons (Fsp3) is 0.222. The van der Waals surface area contributed by atoms with E-state index in [2.05, 4.69) is 77.6 Å². The number of para-hydroxylation sites is 1. The molecule has 0 radical (unpaired) electrons. The van der Waals surface area contributed by atoms with E-state index < -0.39 is 0 Å². The summed E-state index contributed by atoms with van der Waals surface area (Å²) in [6, 6.07) is 19.2. The average Bonchev–Trinajstić information content (AvgIpc) is 2.87. The Morgan fingerprint density at radius 2 is 1.65 bits per heavy atom. The Hall–Kier alpha value is -2.06. The molecule has 1 aromatic heterocycles. The van der Waals surface area contributed by atoms with Crippen LogP contribution >= 0.6 is 0 Å². The van der Waals surface area contributed by atoms with Crippen molar-refractivity contribution in [1.29, 1.82) is 0 Å². The van der Waals surface area contributed by atoms with Crippen LogP contribution in [-0.4, -0.2) is 4.57 Å². The Morgan fingerprint density at radius 1 is 0.900 bits per heavy atom. The van der Waals surface area contributed by atoms with Crippen LogP contribution in [-0.2, 0) is 19.6 Å². The summed E-state index contributed by atoms with van der Waals surface area (Å²) >= 11 is 0. The van der Waals surface area contributed by atoms with Crippen LogP contribution in [0, 0.1) is 0 Å². The highest BCUT2D eigenvalue weighted by Crippen LogP contribution is 2.21. The van der Waals surface area contributed by atoms with Crippen molar-refractivity contribution in [2.75, 3.05) is 0 Å². The molecule has 0 saturated heterocycles. The van der Waals surface area contributed by atoms with Gasteiger partial charge in [-0.3, -0.25) is 0 Å². The number of fused-ring (bicyclic) bond motifs is 1. The third kappa shape index (κ3) is 2.61. The maximum absolute atomic E-state index is 3.53. The molecular weight excluding hydrogens is 244 g/mol. The van der Waals surface area contributed by atoms with Gasteiger partial charge in [-0.15, -0.1) is 0 Å². The van der Waals surface area contributed by atoms with Crippen molar-refractivity contribution in [3.8, 4) is 0 Å². The topological polar surface area (TPSA) is 17.0 Å². The molecule has 0 bridgehead atoms. The molecule has 102 valence electrons. The van der Waals surface area contributed by atoms with Crippen LogP contribution in [0.15, 0.2) is 60.8 Å². The number of aryl methyl sites for hydroxylation is 1. The van der Waals surface area contributed by atoms with E-state index >= 15 is 0 Å². The normalized spacial score (nSPS) is 11.1. The molecule has 2 nitrogen and oxygen atoms in total. The second kappa shape index (κ2) is 5.93. The van der Waals surface area contributed by atoms with Crippen molar-refractivity contribution in [3.05, 3.63) is 71.9 Å². The lowest BCUT2D eigenvalue weighted by Crippen LogP contribution is -2.12. The van der Waals surface area contributed by atoms with Gasteiger partial charge >= 0.3 is 0 Å². The minimum absolute atomic E-state index is 0.905. The zero-order valence-corrected chi connectivity index (χ0v) is 11.8. The van der Waals surface area contributed by atoms with E-state index in [-0.39, 0.29) is 0 Å². The first-order valence-electron chi connectivity index (χ1n) is 7.20. The van der Waals surface area contributed by atoms with Crippen LogP contribution in [0.1, 0.15) is 18.1 Å². The van der Waals surface area contributed by atoms with E-state index in [9.17, 15) is 0 Å². The molecule has 2 aromatic carbocycles. The van der Waals surface area contributed by atoms with Gasteiger partial charge in [0.15, 0.2) is 0 Å². The molecule has 0 aliphatic carbocycles. The first kappa shape index (κ1) is 12.9. The monoisotopic (exact) mass is 264 g/mol. The lowest BCUT2D eigenvalue weighted by molar-refractivity contribution is 0.691. The summed E-state index contributed by atoms with van der Waals surface area (Å²) in [4.78, 5) is 0. The largest absolute Gasteiger partial charge is 0.347 e. The minimum Gasteiger partial charge on any atom is -0.347 e. The van der Waals surface area contributed by atoms with Crippen molar-refractivity contribution < 1.29 is 0 Å². The first-order chi connectivity index (χ1) is 9.88. The van der Waals surface area contributed by atoms with Gasteiger partial charge in [0, 0.05) is 36.7 Å². The summed E-state index contributed by atoms with van der Waals surface area (Å²) in [7, 11) is 0. The molecule has 20 heavy (non-hydrogen) atoms. The molecule has 0 unspecified atom stereocenters. The molecular formula is C18H20N2. The Kier molecular flexibility index (Phi) is 3.84. The van der Waals surface area contributed by atoms with E-state index in [0.29, 0.717) is 0 Å². The van der Waals surface area contributed by atoms with Crippen molar-refractivity contribution >= 4 is 10.9 Å². The highest BCUT2D eigenvalue weighted by Gasteiger charge is 2.06. The maximum Gasteiger partial charge on any atom is 0.0483 e. The van der Waals surface area contributed by atoms with E-state index in [1.807, 2.05) is 0 Å². The minimum atomic E-state index is 0.905. The van der Waals surface area contributed by atoms with Crippen molar-refractivity contribution in [2.24, 2.45) is 0 Å². The van der Waals surface area contributed by atoms with Crippen molar-refractivity contribution in [1.82, 2.24) is 9.88 Å². The molecule has 0 saturated carbocycles. The molecule has 1 heterocycles. The SMILES string of the molecule is CCn1cc(CNCc2ccccc2)c2ccccc21. The molecule has 0 atom stereocenters. The van der Waals surface area contributed by atoms with Gasteiger partial charge in [0.05, 0.1) is 0 Å². The van der Waals surface area contributed by atoms with Crippen molar-refractivity contribution in [2.45, 2.75) is 26.6 Å². The molecule has 0 amide bonds. The Balaban J connectivity index is 1.74. The van der Waals surface area contributed by atoms with Gasteiger partial charge in [-0.2, -0.15) is 0 Å². The highest BCUT2D eigenvalue weighted by atomic mass is 15.0. The fourth-order valence-corrected chi connectivity index (χ4v) is 2.66. The second-order valence-electron chi connectivity index (χ2n) is 5.05. The maximum atomic E-state index is 3.53. The van der Waals surface area contributed by atoms with Gasteiger partial charge in [-0.1, -0.05) is 48.5 Å². The van der Waals surface area contributed by atoms with Gasteiger partial charge in [-0.05, 0) is 24.1 Å². The number of nitrogens with zero attached hydrogens (tertiary/aromatic N) is 1. The van der Waals surface area contributed by atoms with Crippen LogP contribution in [0.3, 0.4) is 0 Å². The number of hydrogen-bond donors (Lipinski definition) is 1. The summed E-state index contributed by atoms with van der Waals surface area (Å²) in [5, 5.41) is 4.89. The molecule has 1 N–H and O–H groups in total. The van der Waals surface area contributed by atoms with Crippen LogP contribution in [0.4, 0.5) is 0 Å². The van der Waals surface area contributed by atoms with Crippen LogP contribution in [0.25, 0.3) is 10.9 Å². The van der Waals surface area contributed by atoms with E-state index in [4.69, 9.17) is 0 Å². The number of hydrogen-bond acceptors (Lipinski definition) is 1. The molecule has 3 rings (SSSR count). The zero-order valence-electron chi connectivity index (χ0n) is 11.8. The fourth-order valence-electron chi connectivity index (χ4n) is 2.66. The Labute approximate surface area is 120 Å². The molecule has 0 aliphatic rings. The molecule has 0 spiro atoms. The van der Waals surface area contributed by atoms with Crippen molar-refractivity contribution in [3.63, 3.8) is 0 Å². The number of rotatable bonds is 5. The Morgan fingerprint density at radius 3 is 2.45 bits per heavy atom. The van der Waals surface area contributed by atoms with Gasteiger partial charge in [-0.25, -0.2) is 0 Å². The number of nitrogens with one attached hydrogen (secondary N) is 1. The summed E-state index contributed by atoms with van der Waals surface area (Å²) < 4.78 is 2.31. The van der Waals surface area contributed by atoms with Crippen LogP contribution in [0.5, 0.6) is 0 Å². The molecule has 3 aromatic rings. The third-order valence-electron chi connectivity index (χ3n) is 3.70. The predicted molar refractivity (Wildman–Crippen MR) is 84.6 cm³/mol. The van der Waals surface area contributed by atoms with Gasteiger partial charge < -0.3 is 9.88 Å². The summed E-state index contributed by atoms with van der Waals surface area (Å²) in [5.41, 5.74) is 4.02. The van der Waals surface area contributed by atoms with Gasteiger partial charge in [0.1, 0.15) is 0 Å². The third-order valence-corrected chi connectivity index (χ3v) is 3.70. The molecule has 0 aliphatic heterocycles. The summed E-state index contributed by atoms with van der Waals surface area (Å²) in [6.45, 7) is 5.02. The number of aromatic nitrogens is 1. The first-order valence-corrected chi connectivity index (χ1v) is 7.20. The Bertz CT molecular complexity index is 683. The van der Waals surface area contributed by atoms with Gasteiger partial charge in [0.25, 0.3) is 0 Å².